The molecule has 84 valence electrons. The van der Waals surface area contributed by atoms with E-state index in [0.717, 1.165) is 5.56 Å². The Morgan fingerprint density at radius 1 is 1.33 bits per heavy atom. The lowest BCUT2D eigenvalue weighted by atomic mass is 9.85. The molecule has 0 aliphatic carbocycles. The minimum atomic E-state index is -0.521. The number of phenolic OH excluding ortho intramolecular Hbond substituents is 1. The second kappa shape index (κ2) is 4.21. The molecule has 0 aliphatic rings. The SMILES string of the molecule is CC(C)(C)c1ccc(O)c([C@@H](N)CO)c1. The minimum Gasteiger partial charge on any atom is -0.508 e. The molecule has 1 aromatic carbocycles. The van der Waals surface area contributed by atoms with Crippen molar-refractivity contribution in [2.75, 3.05) is 6.61 Å². The van der Waals surface area contributed by atoms with Crippen LogP contribution in [0.1, 0.15) is 37.9 Å². The lowest BCUT2D eigenvalue weighted by Crippen LogP contribution is -2.17. The van der Waals surface area contributed by atoms with E-state index in [-0.39, 0.29) is 17.8 Å². The predicted molar refractivity (Wildman–Crippen MR) is 60.8 cm³/mol. The number of nitrogens with two attached hydrogens (primary N) is 1. The summed E-state index contributed by atoms with van der Waals surface area (Å²) >= 11 is 0. The summed E-state index contributed by atoms with van der Waals surface area (Å²) in [5, 5.41) is 18.6. The molecule has 0 unspecified atom stereocenters. The van der Waals surface area contributed by atoms with Gasteiger partial charge in [-0.3, -0.25) is 0 Å². The highest BCUT2D eigenvalue weighted by molar-refractivity contribution is 5.40. The zero-order valence-corrected chi connectivity index (χ0v) is 9.49. The summed E-state index contributed by atoms with van der Waals surface area (Å²) < 4.78 is 0. The standard InChI is InChI=1S/C12H19NO2/c1-12(2,3)8-4-5-11(15)9(6-8)10(13)7-14/h4-6,10,14-15H,7,13H2,1-3H3/t10-/m0/s1. The van der Waals surface area contributed by atoms with Crippen LogP contribution in [0.15, 0.2) is 18.2 Å². The Hall–Kier alpha value is -1.06. The van der Waals surface area contributed by atoms with E-state index in [0.29, 0.717) is 5.56 Å². The molecule has 0 bridgehead atoms. The Labute approximate surface area is 90.5 Å². The number of hydrogen-bond donors (Lipinski definition) is 3. The van der Waals surface area contributed by atoms with Gasteiger partial charge in [0.1, 0.15) is 5.75 Å². The summed E-state index contributed by atoms with van der Waals surface area (Å²) in [4.78, 5) is 0. The fourth-order valence-electron chi connectivity index (χ4n) is 1.42. The van der Waals surface area contributed by atoms with Crippen molar-refractivity contribution in [2.24, 2.45) is 5.73 Å². The van der Waals surface area contributed by atoms with Crippen molar-refractivity contribution in [2.45, 2.75) is 32.2 Å². The highest BCUT2D eigenvalue weighted by Gasteiger charge is 2.17. The average Bonchev–Trinajstić information content (AvgIpc) is 2.15. The molecular formula is C12H19NO2. The summed E-state index contributed by atoms with van der Waals surface area (Å²) in [6.45, 7) is 6.11. The zero-order chi connectivity index (χ0) is 11.6. The Balaban J connectivity index is 3.17. The molecule has 0 aliphatic heterocycles. The summed E-state index contributed by atoms with van der Waals surface area (Å²) in [6, 6.07) is 4.84. The molecule has 1 aromatic rings. The van der Waals surface area contributed by atoms with Gasteiger partial charge in [0.2, 0.25) is 0 Å². The molecule has 0 saturated carbocycles. The van der Waals surface area contributed by atoms with E-state index >= 15 is 0 Å². The van der Waals surface area contributed by atoms with E-state index in [1.807, 2.05) is 12.1 Å². The summed E-state index contributed by atoms with van der Waals surface area (Å²) in [7, 11) is 0. The Kier molecular flexibility index (Phi) is 3.37. The molecule has 15 heavy (non-hydrogen) atoms. The maximum atomic E-state index is 9.61. The molecule has 0 heterocycles. The monoisotopic (exact) mass is 209 g/mol. The number of aliphatic hydroxyl groups is 1. The van der Waals surface area contributed by atoms with Crippen molar-refractivity contribution in [3.63, 3.8) is 0 Å². The first-order valence-corrected chi connectivity index (χ1v) is 5.06. The van der Waals surface area contributed by atoms with Crippen LogP contribution in [0.2, 0.25) is 0 Å². The third-order valence-electron chi connectivity index (χ3n) is 2.49. The van der Waals surface area contributed by atoms with E-state index in [9.17, 15) is 5.11 Å². The van der Waals surface area contributed by atoms with Gasteiger partial charge in [0.25, 0.3) is 0 Å². The van der Waals surface area contributed by atoms with E-state index in [2.05, 4.69) is 20.8 Å². The molecule has 0 amide bonds. The van der Waals surface area contributed by atoms with Crippen molar-refractivity contribution in [1.29, 1.82) is 0 Å². The first-order chi connectivity index (χ1) is 6.86. The van der Waals surface area contributed by atoms with Crippen molar-refractivity contribution < 1.29 is 10.2 Å². The van der Waals surface area contributed by atoms with E-state index < -0.39 is 6.04 Å². The van der Waals surface area contributed by atoms with E-state index in [4.69, 9.17) is 10.8 Å². The molecule has 1 rings (SSSR count). The molecule has 3 nitrogen and oxygen atoms in total. The highest BCUT2D eigenvalue weighted by Crippen LogP contribution is 2.29. The number of phenols is 1. The quantitative estimate of drug-likeness (QED) is 0.694. The van der Waals surface area contributed by atoms with Gasteiger partial charge in [-0.15, -0.1) is 0 Å². The second-order valence-corrected chi connectivity index (χ2v) is 4.81. The summed E-state index contributed by atoms with van der Waals surface area (Å²) in [5.74, 6) is 0.143. The first-order valence-electron chi connectivity index (χ1n) is 5.06. The number of hydrogen-bond acceptors (Lipinski definition) is 3. The largest absolute Gasteiger partial charge is 0.508 e. The van der Waals surface area contributed by atoms with Gasteiger partial charge in [0, 0.05) is 5.56 Å². The van der Waals surface area contributed by atoms with Crippen LogP contribution in [0, 0.1) is 0 Å². The Morgan fingerprint density at radius 2 is 1.93 bits per heavy atom. The zero-order valence-electron chi connectivity index (χ0n) is 9.49. The third-order valence-corrected chi connectivity index (χ3v) is 2.49. The Morgan fingerprint density at radius 3 is 2.40 bits per heavy atom. The van der Waals surface area contributed by atoms with Crippen LogP contribution in [0.4, 0.5) is 0 Å². The number of rotatable bonds is 2. The fourth-order valence-corrected chi connectivity index (χ4v) is 1.42. The van der Waals surface area contributed by atoms with Crippen LogP contribution in [-0.4, -0.2) is 16.8 Å². The van der Waals surface area contributed by atoms with Gasteiger partial charge in [-0.2, -0.15) is 0 Å². The van der Waals surface area contributed by atoms with E-state index in [1.165, 1.54) is 0 Å². The molecule has 0 aromatic heterocycles. The second-order valence-electron chi connectivity index (χ2n) is 4.81. The summed E-state index contributed by atoms with van der Waals surface area (Å²) in [6.07, 6.45) is 0. The van der Waals surface area contributed by atoms with Crippen molar-refractivity contribution in [3.8, 4) is 5.75 Å². The fraction of sp³-hybridized carbons (Fsp3) is 0.500. The van der Waals surface area contributed by atoms with Crippen LogP contribution >= 0.6 is 0 Å². The maximum Gasteiger partial charge on any atom is 0.120 e. The van der Waals surface area contributed by atoms with Gasteiger partial charge < -0.3 is 15.9 Å². The molecule has 3 heteroatoms. The smallest absolute Gasteiger partial charge is 0.120 e. The van der Waals surface area contributed by atoms with E-state index in [1.54, 1.807) is 6.07 Å². The van der Waals surface area contributed by atoms with Crippen LogP contribution < -0.4 is 5.73 Å². The lowest BCUT2D eigenvalue weighted by molar-refractivity contribution is 0.265. The third kappa shape index (κ3) is 2.70. The molecule has 0 spiro atoms. The maximum absolute atomic E-state index is 9.61. The van der Waals surface area contributed by atoms with Crippen LogP contribution in [0.5, 0.6) is 5.75 Å². The van der Waals surface area contributed by atoms with Crippen LogP contribution in [-0.2, 0) is 5.41 Å². The van der Waals surface area contributed by atoms with Gasteiger partial charge in [-0.05, 0) is 23.1 Å². The van der Waals surface area contributed by atoms with Crippen molar-refractivity contribution in [1.82, 2.24) is 0 Å². The average molecular weight is 209 g/mol. The van der Waals surface area contributed by atoms with Crippen LogP contribution in [0.3, 0.4) is 0 Å². The minimum absolute atomic E-state index is 0.0115. The number of aromatic hydroxyl groups is 1. The Bertz CT molecular complexity index is 342. The lowest BCUT2D eigenvalue weighted by Gasteiger charge is -2.21. The number of benzene rings is 1. The van der Waals surface area contributed by atoms with Crippen molar-refractivity contribution in [3.05, 3.63) is 29.3 Å². The van der Waals surface area contributed by atoms with Gasteiger partial charge in [0.05, 0.1) is 12.6 Å². The van der Waals surface area contributed by atoms with Gasteiger partial charge in [-0.1, -0.05) is 26.8 Å². The number of aliphatic hydroxyl groups excluding tert-OH is 1. The van der Waals surface area contributed by atoms with Gasteiger partial charge >= 0.3 is 0 Å². The molecule has 4 N–H and O–H groups in total. The molecule has 0 fully saturated rings. The summed E-state index contributed by atoms with van der Waals surface area (Å²) in [5.41, 5.74) is 7.41. The van der Waals surface area contributed by atoms with Crippen molar-refractivity contribution >= 4 is 0 Å². The highest BCUT2D eigenvalue weighted by atomic mass is 16.3. The van der Waals surface area contributed by atoms with Gasteiger partial charge in [-0.25, -0.2) is 0 Å². The molecule has 0 radical (unpaired) electrons. The first kappa shape index (κ1) is 12.0. The molecular weight excluding hydrogens is 190 g/mol. The normalized spacial score (nSPS) is 13.9. The molecule has 1 atom stereocenters. The van der Waals surface area contributed by atoms with Crippen LogP contribution in [0.25, 0.3) is 0 Å². The predicted octanol–water partition coefficient (Wildman–Crippen LogP) is 1.68. The molecule has 0 saturated heterocycles. The van der Waals surface area contributed by atoms with Gasteiger partial charge in [0.15, 0.2) is 0 Å². The topological polar surface area (TPSA) is 66.5 Å².